The normalized spacial score (nSPS) is 26.9. The second-order valence-electron chi connectivity index (χ2n) is 10.9. The molecule has 1 spiro atoms. The van der Waals surface area contributed by atoms with Gasteiger partial charge in [0.2, 0.25) is 5.91 Å². The monoisotopic (exact) mass is 554 g/mol. The predicted molar refractivity (Wildman–Crippen MR) is 156 cm³/mol. The number of esters is 1. The van der Waals surface area contributed by atoms with Gasteiger partial charge in [0.15, 0.2) is 0 Å². The Labute approximate surface area is 236 Å². The lowest BCUT2D eigenvalue weighted by Crippen LogP contribution is -2.55. The molecule has 2 unspecified atom stereocenters. The van der Waals surface area contributed by atoms with E-state index in [1.807, 2.05) is 38.1 Å². The van der Waals surface area contributed by atoms with Gasteiger partial charge in [-0.3, -0.25) is 14.4 Å². The SMILES string of the molecule is C=CCCCCOC(=O)[C@@H]1[C@@H]2CCC3(S2)C(C(=O)N(CC=C)c2c(C)cccc2C)N(CCCCO)C(=O)[C@H]13. The quantitative estimate of drug-likeness (QED) is 0.206. The maximum atomic E-state index is 14.6. The summed E-state index contributed by atoms with van der Waals surface area (Å²) < 4.78 is 5.03. The summed E-state index contributed by atoms with van der Waals surface area (Å²) in [7, 11) is 0. The molecule has 212 valence electrons. The van der Waals surface area contributed by atoms with Crippen molar-refractivity contribution in [2.45, 2.75) is 74.8 Å². The molecule has 3 aliphatic heterocycles. The molecule has 4 rings (SSSR count). The Kier molecular flexibility index (Phi) is 9.60. The van der Waals surface area contributed by atoms with Crippen molar-refractivity contribution in [3.8, 4) is 0 Å². The lowest BCUT2D eigenvalue weighted by Gasteiger charge is -2.38. The minimum absolute atomic E-state index is 0.0254. The number of rotatable bonds is 14. The molecule has 1 N–H and O–H groups in total. The lowest BCUT2D eigenvalue weighted by atomic mass is 9.71. The fourth-order valence-corrected chi connectivity index (χ4v) is 8.99. The second kappa shape index (κ2) is 12.7. The maximum Gasteiger partial charge on any atom is 0.310 e. The third kappa shape index (κ3) is 5.42. The van der Waals surface area contributed by atoms with Gasteiger partial charge in [-0.2, -0.15) is 0 Å². The van der Waals surface area contributed by atoms with Crippen molar-refractivity contribution in [3.05, 3.63) is 54.6 Å². The number of benzene rings is 1. The van der Waals surface area contributed by atoms with Crippen LogP contribution in [0, 0.1) is 25.7 Å². The smallest absolute Gasteiger partial charge is 0.310 e. The summed E-state index contributed by atoms with van der Waals surface area (Å²) in [6.45, 7) is 12.7. The van der Waals surface area contributed by atoms with Gasteiger partial charge in [-0.1, -0.05) is 30.4 Å². The van der Waals surface area contributed by atoms with Crippen LogP contribution in [0.1, 0.15) is 56.1 Å². The van der Waals surface area contributed by atoms with Gasteiger partial charge in [0.05, 0.1) is 23.2 Å². The number of nitrogens with zero attached hydrogens (tertiary/aromatic N) is 2. The summed E-state index contributed by atoms with van der Waals surface area (Å²) in [5.41, 5.74) is 2.81. The number of carbonyl (C=O) groups is 3. The Hall–Kier alpha value is -2.58. The second-order valence-corrected chi connectivity index (χ2v) is 12.5. The fraction of sp³-hybridized carbons (Fsp3) is 0.581. The van der Waals surface area contributed by atoms with E-state index in [0.717, 1.165) is 42.5 Å². The number of hydrogen-bond donors (Lipinski definition) is 1. The van der Waals surface area contributed by atoms with Gasteiger partial charge in [0.25, 0.3) is 5.91 Å². The molecule has 0 saturated carbocycles. The maximum absolute atomic E-state index is 14.6. The number of aliphatic hydroxyl groups excluding tert-OH is 1. The topological polar surface area (TPSA) is 87.2 Å². The number of anilines is 1. The summed E-state index contributed by atoms with van der Waals surface area (Å²) in [5, 5.41) is 9.38. The molecule has 8 heteroatoms. The number of likely N-dealkylation sites (tertiary alicyclic amines) is 1. The van der Waals surface area contributed by atoms with Crippen LogP contribution in [0.15, 0.2) is 43.5 Å². The van der Waals surface area contributed by atoms with Crippen LogP contribution in [-0.4, -0.2) is 70.1 Å². The van der Waals surface area contributed by atoms with Crippen LogP contribution < -0.4 is 4.90 Å². The van der Waals surface area contributed by atoms with Crippen LogP contribution in [0.3, 0.4) is 0 Å². The number of unbranched alkanes of at least 4 members (excludes halogenated alkanes) is 3. The lowest BCUT2D eigenvalue weighted by molar-refractivity contribution is -0.154. The molecular formula is C31H42N2O5S. The Morgan fingerprint density at radius 1 is 1.18 bits per heavy atom. The predicted octanol–water partition coefficient (Wildman–Crippen LogP) is 4.59. The number of para-hydroxylation sites is 1. The molecule has 2 bridgehead atoms. The summed E-state index contributed by atoms with van der Waals surface area (Å²) in [5.74, 6) is -1.68. The van der Waals surface area contributed by atoms with Crippen molar-refractivity contribution in [3.63, 3.8) is 0 Å². The summed E-state index contributed by atoms with van der Waals surface area (Å²) in [6.07, 6.45) is 8.73. The third-order valence-electron chi connectivity index (χ3n) is 8.45. The van der Waals surface area contributed by atoms with Crippen molar-refractivity contribution in [2.75, 3.05) is 31.2 Å². The standard InChI is InChI=1S/C31H42N2O5S/c1-5-7-8-11-20-38-30(37)24-23-15-16-31(39-23)25(24)28(35)33(18-9-10-19-34)27(31)29(36)32(17-6-2)26-21(3)13-12-14-22(26)4/h5-6,12-14,23-25,27,34H,1-2,7-11,15-20H2,3-4H3/t23-,24+,25-,27?,31?/m0/s1. The van der Waals surface area contributed by atoms with Crippen molar-refractivity contribution in [2.24, 2.45) is 11.8 Å². The summed E-state index contributed by atoms with van der Waals surface area (Å²) >= 11 is 1.66. The number of aryl methyl sites for hydroxylation is 2. The minimum atomic E-state index is -0.687. The first-order chi connectivity index (χ1) is 18.8. The molecule has 1 aromatic carbocycles. The van der Waals surface area contributed by atoms with Crippen molar-refractivity contribution >= 4 is 35.2 Å². The molecular weight excluding hydrogens is 512 g/mol. The number of carbonyl (C=O) groups excluding carboxylic acids is 3. The number of thioether (sulfide) groups is 1. The van der Waals surface area contributed by atoms with Crippen molar-refractivity contribution in [1.82, 2.24) is 4.90 Å². The number of ether oxygens (including phenoxy) is 1. The van der Waals surface area contributed by atoms with Crippen LogP contribution in [0.5, 0.6) is 0 Å². The first-order valence-electron chi connectivity index (χ1n) is 14.2. The van der Waals surface area contributed by atoms with Gasteiger partial charge in [0.1, 0.15) is 6.04 Å². The Balaban J connectivity index is 1.68. The van der Waals surface area contributed by atoms with Gasteiger partial charge in [-0.25, -0.2) is 0 Å². The Morgan fingerprint density at radius 3 is 2.59 bits per heavy atom. The van der Waals surface area contributed by atoms with E-state index in [1.165, 1.54) is 0 Å². The largest absolute Gasteiger partial charge is 0.465 e. The first kappa shape index (κ1) is 29.4. The van der Waals surface area contributed by atoms with Crippen molar-refractivity contribution < 1.29 is 24.2 Å². The average molecular weight is 555 g/mol. The number of amides is 2. The minimum Gasteiger partial charge on any atom is -0.465 e. The van der Waals surface area contributed by atoms with Crippen LogP contribution in [-0.2, 0) is 19.1 Å². The molecule has 1 aromatic rings. The zero-order valence-corrected chi connectivity index (χ0v) is 24.1. The van der Waals surface area contributed by atoms with Gasteiger partial charge in [-0.15, -0.1) is 24.9 Å². The summed E-state index contributed by atoms with van der Waals surface area (Å²) in [6, 6.07) is 5.26. The van der Waals surface area contributed by atoms with Gasteiger partial charge in [-0.05, 0) is 69.9 Å². The highest BCUT2D eigenvalue weighted by Crippen LogP contribution is 2.66. The molecule has 5 atom stereocenters. The van der Waals surface area contributed by atoms with Crippen LogP contribution in [0.2, 0.25) is 0 Å². The number of allylic oxidation sites excluding steroid dienone is 1. The molecule has 39 heavy (non-hydrogen) atoms. The Bertz CT molecular complexity index is 1090. The molecule has 3 heterocycles. The highest BCUT2D eigenvalue weighted by atomic mass is 32.2. The summed E-state index contributed by atoms with van der Waals surface area (Å²) in [4.78, 5) is 45.6. The first-order valence-corrected chi connectivity index (χ1v) is 15.1. The molecule has 2 amide bonds. The van der Waals surface area contributed by atoms with Crippen LogP contribution >= 0.6 is 11.8 Å². The van der Waals surface area contributed by atoms with E-state index < -0.39 is 22.6 Å². The zero-order chi connectivity index (χ0) is 28.2. The number of hydrogen-bond acceptors (Lipinski definition) is 6. The van der Waals surface area contributed by atoms with E-state index in [0.29, 0.717) is 39.0 Å². The van der Waals surface area contributed by atoms with E-state index >= 15 is 0 Å². The van der Waals surface area contributed by atoms with E-state index in [4.69, 9.17) is 4.74 Å². The highest BCUT2D eigenvalue weighted by Gasteiger charge is 2.74. The van der Waals surface area contributed by atoms with E-state index in [2.05, 4.69) is 13.2 Å². The van der Waals surface area contributed by atoms with E-state index in [1.54, 1.807) is 27.6 Å². The van der Waals surface area contributed by atoms with Crippen LogP contribution in [0.4, 0.5) is 5.69 Å². The van der Waals surface area contributed by atoms with Gasteiger partial charge in [0, 0.05) is 30.6 Å². The molecule has 3 saturated heterocycles. The Morgan fingerprint density at radius 2 is 1.92 bits per heavy atom. The van der Waals surface area contributed by atoms with Crippen LogP contribution in [0.25, 0.3) is 0 Å². The molecule has 7 nitrogen and oxygen atoms in total. The fourth-order valence-electron chi connectivity index (χ4n) is 6.79. The zero-order valence-electron chi connectivity index (χ0n) is 23.3. The molecule has 0 aromatic heterocycles. The molecule has 3 aliphatic rings. The van der Waals surface area contributed by atoms with E-state index in [-0.39, 0.29) is 29.6 Å². The third-order valence-corrected chi connectivity index (χ3v) is 10.4. The average Bonchev–Trinajstić information content (AvgIpc) is 3.55. The molecule has 3 fully saturated rings. The van der Waals surface area contributed by atoms with Gasteiger partial charge >= 0.3 is 5.97 Å². The number of fused-ring (bicyclic) bond motifs is 1. The van der Waals surface area contributed by atoms with E-state index in [9.17, 15) is 19.5 Å². The molecule has 0 aliphatic carbocycles. The van der Waals surface area contributed by atoms with Gasteiger partial charge < -0.3 is 19.6 Å². The number of aliphatic hydroxyl groups is 1. The molecule has 0 radical (unpaired) electrons. The highest BCUT2D eigenvalue weighted by molar-refractivity contribution is 8.02. The van der Waals surface area contributed by atoms with Crippen molar-refractivity contribution in [1.29, 1.82) is 0 Å².